The standard InChI is InChI=1S/C13H20N4O3/c1-10-12(17(19)20)9-16(15-10)8-7-13(18)14-11-5-3-2-4-6-11/h9,11H,2-8H2,1H3,(H,14,18). The summed E-state index contributed by atoms with van der Waals surface area (Å²) < 4.78 is 1.47. The molecular weight excluding hydrogens is 260 g/mol. The van der Waals surface area contributed by atoms with Gasteiger partial charge in [0.1, 0.15) is 11.9 Å². The number of nitrogens with zero attached hydrogens (tertiary/aromatic N) is 3. The van der Waals surface area contributed by atoms with Crippen molar-refractivity contribution in [1.82, 2.24) is 15.1 Å². The molecule has 0 bridgehead atoms. The molecule has 1 amide bonds. The van der Waals surface area contributed by atoms with Crippen molar-refractivity contribution in [1.29, 1.82) is 0 Å². The molecule has 1 aliphatic carbocycles. The summed E-state index contributed by atoms with van der Waals surface area (Å²) in [5.41, 5.74) is 0.375. The Kier molecular flexibility index (Phi) is 4.70. The highest BCUT2D eigenvalue weighted by atomic mass is 16.6. The molecule has 0 unspecified atom stereocenters. The first kappa shape index (κ1) is 14.5. The Morgan fingerprint density at radius 2 is 2.20 bits per heavy atom. The van der Waals surface area contributed by atoms with Crippen LogP contribution in [0.15, 0.2) is 6.20 Å². The number of aromatic nitrogens is 2. The minimum absolute atomic E-state index is 0.00214. The third-order valence-electron chi connectivity index (χ3n) is 3.66. The fourth-order valence-electron chi connectivity index (χ4n) is 2.56. The molecule has 1 fully saturated rings. The Hall–Kier alpha value is -1.92. The molecule has 7 nitrogen and oxygen atoms in total. The Labute approximate surface area is 117 Å². The fraction of sp³-hybridized carbons (Fsp3) is 0.692. The van der Waals surface area contributed by atoms with Gasteiger partial charge in [-0.1, -0.05) is 19.3 Å². The Bertz CT molecular complexity index is 492. The summed E-state index contributed by atoms with van der Waals surface area (Å²) in [6, 6.07) is 0.296. The van der Waals surface area contributed by atoms with Crippen molar-refractivity contribution in [3.63, 3.8) is 0 Å². The van der Waals surface area contributed by atoms with Gasteiger partial charge < -0.3 is 5.32 Å². The average molecular weight is 280 g/mol. The maximum absolute atomic E-state index is 11.8. The number of hydrogen-bond acceptors (Lipinski definition) is 4. The second kappa shape index (κ2) is 6.49. The highest BCUT2D eigenvalue weighted by molar-refractivity contribution is 5.76. The number of aryl methyl sites for hydroxylation is 2. The van der Waals surface area contributed by atoms with Gasteiger partial charge in [-0.2, -0.15) is 5.10 Å². The predicted octanol–water partition coefficient (Wildman–Crippen LogP) is 1.94. The number of amides is 1. The number of carbonyl (C=O) groups excluding carboxylic acids is 1. The quantitative estimate of drug-likeness (QED) is 0.659. The lowest BCUT2D eigenvalue weighted by Gasteiger charge is -2.22. The second-order valence-corrected chi connectivity index (χ2v) is 5.27. The fourth-order valence-corrected chi connectivity index (χ4v) is 2.56. The van der Waals surface area contributed by atoms with E-state index in [9.17, 15) is 14.9 Å². The second-order valence-electron chi connectivity index (χ2n) is 5.27. The molecule has 0 aromatic carbocycles. The van der Waals surface area contributed by atoms with Crippen LogP contribution >= 0.6 is 0 Å². The van der Waals surface area contributed by atoms with Crippen LogP contribution in [0, 0.1) is 17.0 Å². The highest BCUT2D eigenvalue weighted by Crippen LogP contribution is 2.18. The van der Waals surface area contributed by atoms with Crippen molar-refractivity contribution in [2.24, 2.45) is 0 Å². The summed E-state index contributed by atoms with van der Waals surface area (Å²) in [7, 11) is 0. The minimum Gasteiger partial charge on any atom is -0.353 e. The monoisotopic (exact) mass is 280 g/mol. The normalized spacial score (nSPS) is 16.1. The first-order chi connectivity index (χ1) is 9.56. The van der Waals surface area contributed by atoms with Crippen molar-refractivity contribution in [3.05, 3.63) is 22.0 Å². The summed E-state index contributed by atoms with van der Waals surface area (Å²) >= 11 is 0. The van der Waals surface area contributed by atoms with Crippen LogP contribution < -0.4 is 5.32 Å². The molecule has 1 N–H and O–H groups in total. The van der Waals surface area contributed by atoms with Crippen LogP contribution in [0.4, 0.5) is 5.69 Å². The zero-order valence-electron chi connectivity index (χ0n) is 11.7. The molecule has 0 spiro atoms. The smallest absolute Gasteiger partial charge is 0.309 e. The van der Waals surface area contributed by atoms with E-state index in [-0.39, 0.29) is 11.6 Å². The molecule has 1 heterocycles. The van der Waals surface area contributed by atoms with E-state index in [2.05, 4.69) is 10.4 Å². The first-order valence-electron chi connectivity index (χ1n) is 7.04. The van der Waals surface area contributed by atoms with Crippen molar-refractivity contribution < 1.29 is 9.72 Å². The third kappa shape index (κ3) is 3.79. The molecule has 2 rings (SSSR count). The van der Waals surface area contributed by atoms with Gasteiger partial charge >= 0.3 is 5.69 Å². The highest BCUT2D eigenvalue weighted by Gasteiger charge is 2.17. The lowest BCUT2D eigenvalue weighted by Crippen LogP contribution is -2.36. The van der Waals surface area contributed by atoms with E-state index in [1.54, 1.807) is 6.92 Å². The van der Waals surface area contributed by atoms with Gasteiger partial charge in [-0.25, -0.2) is 0 Å². The van der Waals surface area contributed by atoms with Crippen LogP contribution in [0.3, 0.4) is 0 Å². The summed E-state index contributed by atoms with van der Waals surface area (Å²) in [5.74, 6) is -0.00675. The van der Waals surface area contributed by atoms with Crippen molar-refractivity contribution in [3.8, 4) is 0 Å². The number of carbonyl (C=O) groups is 1. The number of hydrogen-bond donors (Lipinski definition) is 1. The SMILES string of the molecule is Cc1nn(CCC(=O)NC2CCCCC2)cc1[N+](=O)[O-]. The Morgan fingerprint density at radius 1 is 1.50 bits per heavy atom. The molecular formula is C13H20N4O3. The third-order valence-corrected chi connectivity index (χ3v) is 3.66. The maximum Gasteiger partial charge on any atom is 0.309 e. The van der Waals surface area contributed by atoms with Gasteiger partial charge in [0, 0.05) is 19.0 Å². The van der Waals surface area contributed by atoms with E-state index >= 15 is 0 Å². The number of nitro groups is 1. The van der Waals surface area contributed by atoms with Gasteiger partial charge in [-0.05, 0) is 19.8 Å². The van der Waals surface area contributed by atoms with Gasteiger partial charge in [0.25, 0.3) is 0 Å². The summed E-state index contributed by atoms with van der Waals surface area (Å²) in [4.78, 5) is 22.1. The molecule has 0 saturated heterocycles. The number of rotatable bonds is 5. The van der Waals surface area contributed by atoms with Crippen LogP contribution in [0.1, 0.15) is 44.2 Å². The van der Waals surface area contributed by atoms with E-state index in [1.165, 1.54) is 30.1 Å². The number of nitrogens with one attached hydrogen (secondary N) is 1. The summed E-state index contributed by atoms with van der Waals surface area (Å²) in [5, 5.41) is 17.8. The summed E-state index contributed by atoms with van der Waals surface area (Å²) in [6.07, 6.45) is 7.39. The van der Waals surface area contributed by atoms with Gasteiger partial charge in [-0.15, -0.1) is 0 Å². The van der Waals surface area contributed by atoms with Crippen molar-refractivity contribution in [2.75, 3.05) is 0 Å². The molecule has 110 valence electrons. The van der Waals surface area contributed by atoms with E-state index in [0.717, 1.165) is 12.8 Å². The van der Waals surface area contributed by atoms with Gasteiger partial charge in [0.15, 0.2) is 0 Å². The van der Waals surface area contributed by atoms with Gasteiger partial charge in [0.2, 0.25) is 5.91 Å². The van der Waals surface area contributed by atoms with Gasteiger partial charge in [-0.3, -0.25) is 19.6 Å². The molecule has 20 heavy (non-hydrogen) atoms. The molecule has 7 heteroatoms. The molecule has 1 aliphatic rings. The van der Waals surface area contributed by atoms with Crippen LogP contribution in [-0.4, -0.2) is 26.7 Å². The van der Waals surface area contributed by atoms with Crippen LogP contribution in [0.25, 0.3) is 0 Å². The van der Waals surface area contributed by atoms with Crippen molar-refractivity contribution in [2.45, 2.75) is 58.0 Å². The van der Waals surface area contributed by atoms with Crippen molar-refractivity contribution >= 4 is 11.6 Å². The average Bonchev–Trinajstić information content (AvgIpc) is 2.79. The molecule has 0 aliphatic heterocycles. The van der Waals surface area contributed by atoms with E-state index in [1.807, 2.05) is 0 Å². The topological polar surface area (TPSA) is 90.1 Å². The maximum atomic E-state index is 11.8. The van der Waals surface area contributed by atoms with Crippen LogP contribution in [0.2, 0.25) is 0 Å². The van der Waals surface area contributed by atoms with Gasteiger partial charge in [0.05, 0.1) is 4.92 Å². The van der Waals surface area contributed by atoms with Crippen LogP contribution in [0.5, 0.6) is 0 Å². The summed E-state index contributed by atoms with van der Waals surface area (Å²) in [6.45, 7) is 1.96. The van der Waals surface area contributed by atoms with E-state index in [0.29, 0.717) is 24.7 Å². The lowest BCUT2D eigenvalue weighted by molar-refractivity contribution is -0.385. The van der Waals surface area contributed by atoms with E-state index in [4.69, 9.17) is 0 Å². The van der Waals surface area contributed by atoms with E-state index < -0.39 is 4.92 Å². The first-order valence-corrected chi connectivity index (χ1v) is 7.04. The molecule has 0 atom stereocenters. The minimum atomic E-state index is -0.457. The Balaban J connectivity index is 1.80. The molecule has 1 aromatic heterocycles. The molecule has 1 aromatic rings. The Morgan fingerprint density at radius 3 is 2.80 bits per heavy atom. The predicted molar refractivity (Wildman–Crippen MR) is 73.3 cm³/mol. The molecule has 0 radical (unpaired) electrons. The molecule has 1 saturated carbocycles. The zero-order chi connectivity index (χ0) is 14.5. The zero-order valence-corrected chi connectivity index (χ0v) is 11.7. The largest absolute Gasteiger partial charge is 0.353 e. The lowest BCUT2D eigenvalue weighted by atomic mass is 9.95. The van der Waals surface area contributed by atoms with Crippen LogP contribution in [-0.2, 0) is 11.3 Å².